The van der Waals surface area contributed by atoms with E-state index < -0.39 is 27.5 Å². The smallest absolute Gasteiger partial charge is 0.319 e. The number of thiazole rings is 1. The summed E-state index contributed by atoms with van der Waals surface area (Å²) < 4.78 is 66.4. The molecule has 2 heterocycles. The minimum atomic E-state index is -4.68. The summed E-state index contributed by atoms with van der Waals surface area (Å²) in [7, 11) is -4.02. The maximum Gasteiger partial charge on any atom is 0.434 e. The lowest BCUT2D eigenvalue weighted by Gasteiger charge is -2.10. The Morgan fingerprint density at radius 2 is 1.80 bits per heavy atom. The largest absolute Gasteiger partial charge is 0.434 e. The first-order chi connectivity index (χ1) is 11.5. The standard InChI is InChI=1S/C15H20F3N3O2S2/c1-5-6-7-21-10(3)9(2)19-14(21)25(22,23)8-12-13(15(16,17)18)20-11(4)24-12/h5-8H2,1-4H3. The van der Waals surface area contributed by atoms with Crippen molar-refractivity contribution >= 4 is 21.2 Å². The van der Waals surface area contributed by atoms with E-state index in [2.05, 4.69) is 9.97 Å². The van der Waals surface area contributed by atoms with Gasteiger partial charge < -0.3 is 4.57 Å². The maximum atomic E-state index is 13.1. The predicted molar refractivity (Wildman–Crippen MR) is 89.4 cm³/mol. The molecule has 0 aliphatic heterocycles. The molecule has 10 heteroatoms. The van der Waals surface area contributed by atoms with Crippen LogP contribution in [0.3, 0.4) is 0 Å². The van der Waals surface area contributed by atoms with Gasteiger partial charge in [0.25, 0.3) is 0 Å². The van der Waals surface area contributed by atoms with Gasteiger partial charge in [0.1, 0.15) is 0 Å². The van der Waals surface area contributed by atoms with Gasteiger partial charge >= 0.3 is 6.18 Å². The summed E-state index contributed by atoms with van der Waals surface area (Å²) in [4.78, 5) is 7.26. The number of halogens is 3. The molecule has 2 aromatic rings. The van der Waals surface area contributed by atoms with Crippen molar-refractivity contribution in [2.24, 2.45) is 0 Å². The Kier molecular flexibility index (Phi) is 5.62. The zero-order valence-corrected chi connectivity index (χ0v) is 16.1. The second-order valence-electron chi connectivity index (χ2n) is 5.83. The zero-order valence-electron chi connectivity index (χ0n) is 14.4. The molecule has 0 fully saturated rings. The first kappa shape index (κ1) is 19.9. The van der Waals surface area contributed by atoms with E-state index in [1.54, 1.807) is 18.4 Å². The number of rotatable bonds is 6. The van der Waals surface area contributed by atoms with Crippen molar-refractivity contribution in [2.45, 2.75) is 64.2 Å². The molecule has 2 rings (SSSR count). The topological polar surface area (TPSA) is 64.8 Å². The zero-order chi connectivity index (χ0) is 19.0. The third-order valence-electron chi connectivity index (χ3n) is 3.83. The van der Waals surface area contributed by atoms with Gasteiger partial charge in [-0.15, -0.1) is 11.3 Å². The Morgan fingerprint density at radius 1 is 1.16 bits per heavy atom. The van der Waals surface area contributed by atoms with Crippen LogP contribution >= 0.6 is 11.3 Å². The van der Waals surface area contributed by atoms with Gasteiger partial charge in [-0.2, -0.15) is 13.2 Å². The lowest BCUT2D eigenvalue weighted by molar-refractivity contribution is -0.141. The van der Waals surface area contributed by atoms with Gasteiger partial charge in [-0.05, 0) is 27.2 Å². The van der Waals surface area contributed by atoms with Crippen molar-refractivity contribution < 1.29 is 21.6 Å². The predicted octanol–water partition coefficient (Wildman–Crippen LogP) is 4.06. The summed E-state index contributed by atoms with van der Waals surface area (Å²) >= 11 is 0.750. The van der Waals surface area contributed by atoms with E-state index in [-0.39, 0.29) is 15.0 Å². The molecule has 0 N–H and O–H groups in total. The Bertz CT molecular complexity index is 867. The molecule has 0 spiro atoms. The number of nitrogens with zero attached hydrogens (tertiary/aromatic N) is 3. The van der Waals surface area contributed by atoms with Crippen LogP contribution < -0.4 is 0 Å². The van der Waals surface area contributed by atoms with Crippen LogP contribution in [0, 0.1) is 20.8 Å². The highest BCUT2D eigenvalue weighted by molar-refractivity contribution is 7.90. The number of alkyl halides is 3. The van der Waals surface area contributed by atoms with E-state index in [1.807, 2.05) is 6.92 Å². The van der Waals surface area contributed by atoms with Gasteiger partial charge in [0.15, 0.2) is 5.69 Å². The third kappa shape index (κ3) is 4.22. The molecule has 0 amide bonds. The first-order valence-electron chi connectivity index (χ1n) is 7.77. The highest BCUT2D eigenvalue weighted by Crippen LogP contribution is 2.36. The third-order valence-corrected chi connectivity index (χ3v) is 6.52. The number of hydrogen-bond donors (Lipinski definition) is 0. The van der Waals surface area contributed by atoms with Gasteiger partial charge in [0, 0.05) is 12.2 Å². The van der Waals surface area contributed by atoms with Crippen molar-refractivity contribution in [3.05, 3.63) is 27.0 Å². The SMILES string of the molecule is CCCCn1c(S(=O)(=O)Cc2sc(C)nc2C(F)(F)F)nc(C)c1C. The summed E-state index contributed by atoms with van der Waals surface area (Å²) in [5.41, 5.74) is 0.147. The lowest BCUT2D eigenvalue weighted by Crippen LogP contribution is -2.16. The van der Waals surface area contributed by atoms with Crippen LogP contribution in [0.4, 0.5) is 13.2 Å². The van der Waals surface area contributed by atoms with E-state index in [9.17, 15) is 21.6 Å². The maximum absolute atomic E-state index is 13.1. The van der Waals surface area contributed by atoms with E-state index in [1.165, 1.54) is 6.92 Å². The molecule has 0 unspecified atom stereocenters. The molecule has 5 nitrogen and oxygen atoms in total. The van der Waals surface area contributed by atoms with Crippen molar-refractivity contribution in [2.75, 3.05) is 0 Å². The molecular weight excluding hydrogens is 375 g/mol. The van der Waals surface area contributed by atoms with E-state index in [0.29, 0.717) is 17.9 Å². The lowest BCUT2D eigenvalue weighted by atomic mass is 10.3. The van der Waals surface area contributed by atoms with Gasteiger partial charge in [0.2, 0.25) is 15.0 Å². The van der Waals surface area contributed by atoms with Crippen molar-refractivity contribution in [1.82, 2.24) is 14.5 Å². The quantitative estimate of drug-likeness (QED) is 0.740. The average molecular weight is 395 g/mol. The molecule has 0 atom stereocenters. The van der Waals surface area contributed by atoms with Crippen LogP contribution in [-0.4, -0.2) is 23.0 Å². The fraction of sp³-hybridized carbons (Fsp3) is 0.600. The normalized spacial score (nSPS) is 12.8. The monoisotopic (exact) mass is 395 g/mol. The molecule has 2 aromatic heterocycles. The molecular formula is C15H20F3N3O2S2. The second-order valence-corrected chi connectivity index (χ2v) is 9.00. The number of sulfone groups is 1. The van der Waals surface area contributed by atoms with Gasteiger partial charge in [0.05, 0.1) is 21.3 Å². The number of imidazole rings is 1. The number of hydrogen-bond acceptors (Lipinski definition) is 5. The highest BCUT2D eigenvalue weighted by atomic mass is 32.2. The number of unbranched alkanes of at least 4 members (excludes halogenated alkanes) is 1. The molecule has 0 bridgehead atoms. The van der Waals surface area contributed by atoms with Crippen LogP contribution in [0.25, 0.3) is 0 Å². The number of aromatic nitrogens is 3. The Morgan fingerprint density at radius 3 is 2.36 bits per heavy atom. The van der Waals surface area contributed by atoms with Crippen LogP contribution in [0.2, 0.25) is 0 Å². The van der Waals surface area contributed by atoms with Crippen LogP contribution in [0.1, 0.15) is 46.7 Å². The fourth-order valence-corrected chi connectivity index (χ4v) is 5.37. The van der Waals surface area contributed by atoms with Crippen molar-refractivity contribution in [3.8, 4) is 0 Å². The van der Waals surface area contributed by atoms with Gasteiger partial charge in [-0.25, -0.2) is 18.4 Å². The van der Waals surface area contributed by atoms with E-state index >= 15 is 0 Å². The van der Waals surface area contributed by atoms with Crippen molar-refractivity contribution in [1.29, 1.82) is 0 Å². The Labute approximate surface area is 148 Å². The average Bonchev–Trinajstić information content (AvgIpc) is 2.98. The summed E-state index contributed by atoms with van der Waals surface area (Å²) in [6, 6.07) is 0. The first-order valence-corrected chi connectivity index (χ1v) is 10.2. The Hall–Kier alpha value is -1.42. The van der Waals surface area contributed by atoms with Crippen molar-refractivity contribution in [3.63, 3.8) is 0 Å². The summed E-state index contributed by atoms with van der Waals surface area (Å²) in [6.45, 7) is 7.31. The summed E-state index contributed by atoms with van der Waals surface area (Å²) in [5.74, 6) is -0.755. The molecule has 0 radical (unpaired) electrons. The summed E-state index contributed by atoms with van der Waals surface area (Å²) in [5, 5.41) is 0.00865. The van der Waals surface area contributed by atoms with Crippen LogP contribution in [0.15, 0.2) is 5.16 Å². The molecule has 0 aliphatic rings. The fourth-order valence-electron chi connectivity index (χ4n) is 2.47. The summed E-state index contributed by atoms with van der Waals surface area (Å²) in [6.07, 6.45) is -3.06. The van der Waals surface area contributed by atoms with E-state index in [0.717, 1.165) is 24.2 Å². The second kappa shape index (κ2) is 7.06. The van der Waals surface area contributed by atoms with Gasteiger partial charge in [-0.1, -0.05) is 13.3 Å². The highest BCUT2D eigenvalue weighted by Gasteiger charge is 2.39. The molecule has 0 aromatic carbocycles. The molecule has 25 heavy (non-hydrogen) atoms. The number of aryl methyl sites for hydroxylation is 2. The minimum Gasteiger partial charge on any atom is -0.319 e. The molecule has 140 valence electrons. The van der Waals surface area contributed by atoms with Crippen LogP contribution in [-0.2, 0) is 28.3 Å². The molecule has 0 saturated heterocycles. The van der Waals surface area contributed by atoms with Crippen LogP contribution in [0.5, 0.6) is 0 Å². The molecule has 0 saturated carbocycles. The Balaban J connectivity index is 2.46. The molecule has 0 aliphatic carbocycles. The minimum absolute atomic E-state index is 0.171. The van der Waals surface area contributed by atoms with E-state index in [4.69, 9.17) is 0 Å². The van der Waals surface area contributed by atoms with Gasteiger partial charge in [-0.3, -0.25) is 0 Å².